The Labute approximate surface area is 157 Å². The number of para-hydroxylation sites is 1. The fourth-order valence-corrected chi connectivity index (χ4v) is 3.14. The second-order valence-corrected chi connectivity index (χ2v) is 6.71. The van der Waals surface area contributed by atoms with E-state index in [-0.39, 0.29) is 11.9 Å². The molecule has 27 heavy (non-hydrogen) atoms. The Balaban J connectivity index is 1.56. The van der Waals surface area contributed by atoms with Crippen molar-refractivity contribution < 1.29 is 9.53 Å². The van der Waals surface area contributed by atoms with E-state index in [9.17, 15) is 4.79 Å². The molecule has 4 rings (SSSR count). The Bertz CT molecular complexity index is 940. The van der Waals surface area contributed by atoms with Crippen LogP contribution in [0.1, 0.15) is 25.5 Å². The van der Waals surface area contributed by atoms with Gasteiger partial charge in [0.1, 0.15) is 18.4 Å². The van der Waals surface area contributed by atoms with Gasteiger partial charge in [0.25, 0.3) is 0 Å². The molecular formula is C20H21N5O2. The number of ether oxygens (including phenoxy) is 1. The van der Waals surface area contributed by atoms with Crippen molar-refractivity contribution in [2.75, 3.05) is 6.61 Å². The van der Waals surface area contributed by atoms with E-state index in [4.69, 9.17) is 4.74 Å². The first-order chi connectivity index (χ1) is 13.1. The second-order valence-electron chi connectivity index (χ2n) is 6.71. The number of rotatable bonds is 3. The van der Waals surface area contributed by atoms with Crippen LogP contribution in [-0.2, 0) is 11.3 Å². The van der Waals surface area contributed by atoms with Gasteiger partial charge in [-0.25, -0.2) is 0 Å². The average molecular weight is 363 g/mol. The first-order valence-electron chi connectivity index (χ1n) is 8.99. The van der Waals surface area contributed by atoms with Gasteiger partial charge >= 0.3 is 0 Å². The summed E-state index contributed by atoms with van der Waals surface area (Å²) in [5, 5.41) is 12.6. The normalized spacial score (nSPS) is 17.6. The summed E-state index contributed by atoms with van der Waals surface area (Å²) in [6, 6.07) is 16.8. The first kappa shape index (κ1) is 17.2. The number of tetrazole rings is 1. The van der Waals surface area contributed by atoms with Crippen molar-refractivity contribution in [3.05, 3.63) is 60.2 Å². The van der Waals surface area contributed by atoms with Crippen LogP contribution in [0.4, 0.5) is 0 Å². The molecular weight excluding hydrogens is 342 g/mol. The van der Waals surface area contributed by atoms with Crippen molar-refractivity contribution >= 4 is 5.91 Å². The predicted octanol–water partition coefficient (Wildman–Crippen LogP) is 2.71. The van der Waals surface area contributed by atoms with E-state index in [2.05, 4.69) is 15.4 Å². The molecule has 1 aliphatic heterocycles. The third-order valence-corrected chi connectivity index (χ3v) is 4.77. The van der Waals surface area contributed by atoms with Gasteiger partial charge in [0.05, 0.1) is 6.04 Å². The van der Waals surface area contributed by atoms with Gasteiger partial charge < -0.3 is 9.64 Å². The smallest absolute Gasteiger partial charge is 0.249 e. The number of carbonyl (C=O) groups is 1. The highest BCUT2D eigenvalue weighted by Crippen LogP contribution is 2.26. The molecule has 3 aromatic rings. The minimum atomic E-state index is -0.553. The van der Waals surface area contributed by atoms with Crippen molar-refractivity contribution in [1.29, 1.82) is 0 Å². The van der Waals surface area contributed by atoms with Crippen molar-refractivity contribution in [3.8, 4) is 17.1 Å². The summed E-state index contributed by atoms with van der Waals surface area (Å²) in [7, 11) is 0. The number of fused-ring (bicyclic) bond motifs is 1. The standard InChI is InChI=1S/C20H21N5O2/c1-14-13-27-18-11-7-6-10-17(18)12-24(14)20(26)15(2)25-22-19(21-23-25)16-8-4-3-5-9-16/h3-11,14-15H,12-13H2,1-2H3. The summed E-state index contributed by atoms with van der Waals surface area (Å²) in [6.07, 6.45) is 0. The summed E-state index contributed by atoms with van der Waals surface area (Å²) in [5.74, 6) is 1.28. The molecule has 1 aliphatic rings. The van der Waals surface area contributed by atoms with Crippen LogP contribution in [0.3, 0.4) is 0 Å². The molecule has 1 amide bonds. The molecule has 0 bridgehead atoms. The lowest BCUT2D eigenvalue weighted by Crippen LogP contribution is -2.43. The predicted molar refractivity (Wildman–Crippen MR) is 99.9 cm³/mol. The Hall–Kier alpha value is -3.22. The third-order valence-electron chi connectivity index (χ3n) is 4.77. The minimum Gasteiger partial charge on any atom is -0.491 e. The van der Waals surface area contributed by atoms with Crippen LogP contribution in [0.5, 0.6) is 5.75 Å². The highest BCUT2D eigenvalue weighted by atomic mass is 16.5. The van der Waals surface area contributed by atoms with Crippen molar-refractivity contribution in [1.82, 2.24) is 25.1 Å². The molecule has 1 aromatic heterocycles. The zero-order valence-corrected chi connectivity index (χ0v) is 15.3. The van der Waals surface area contributed by atoms with Gasteiger partial charge in [0.15, 0.2) is 0 Å². The second kappa shape index (κ2) is 7.19. The summed E-state index contributed by atoms with van der Waals surface area (Å²) in [6.45, 7) is 4.74. The van der Waals surface area contributed by atoms with E-state index in [1.54, 1.807) is 6.92 Å². The summed E-state index contributed by atoms with van der Waals surface area (Å²) in [4.78, 5) is 16.4. The zero-order valence-electron chi connectivity index (χ0n) is 15.3. The van der Waals surface area contributed by atoms with Crippen molar-refractivity contribution in [3.63, 3.8) is 0 Å². The largest absolute Gasteiger partial charge is 0.491 e. The molecule has 2 aromatic carbocycles. The number of hydrogen-bond donors (Lipinski definition) is 0. The summed E-state index contributed by atoms with van der Waals surface area (Å²) in [5.41, 5.74) is 1.87. The number of benzene rings is 2. The van der Waals surface area contributed by atoms with Gasteiger partial charge in [-0.05, 0) is 25.1 Å². The highest BCUT2D eigenvalue weighted by molar-refractivity contribution is 5.80. The quantitative estimate of drug-likeness (QED) is 0.715. The molecule has 7 heteroatoms. The lowest BCUT2D eigenvalue weighted by molar-refractivity contribution is -0.138. The molecule has 0 aliphatic carbocycles. The SMILES string of the molecule is CC1COc2ccccc2CN1C(=O)C(C)n1nnc(-c2ccccc2)n1. The molecule has 7 nitrogen and oxygen atoms in total. The topological polar surface area (TPSA) is 73.1 Å². The lowest BCUT2D eigenvalue weighted by atomic mass is 10.1. The molecule has 0 saturated carbocycles. The minimum absolute atomic E-state index is 0.0514. The van der Waals surface area contributed by atoms with Crippen LogP contribution in [0.25, 0.3) is 11.4 Å². The number of aromatic nitrogens is 4. The van der Waals surface area contributed by atoms with E-state index in [1.165, 1.54) is 4.80 Å². The molecule has 2 heterocycles. The Morgan fingerprint density at radius 2 is 1.89 bits per heavy atom. The van der Waals surface area contributed by atoms with Crippen LogP contribution < -0.4 is 4.74 Å². The maximum atomic E-state index is 13.2. The number of hydrogen-bond acceptors (Lipinski definition) is 5. The van der Waals surface area contributed by atoms with Crippen molar-refractivity contribution in [2.24, 2.45) is 0 Å². The molecule has 0 fully saturated rings. The maximum absolute atomic E-state index is 13.2. The average Bonchev–Trinajstić information content (AvgIpc) is 3.14. The van der Waals surface area contributed by atoms with Gasteiger partial charge in [-0.3, -0.25) is 4.79 Å². The number of amides is 1. The zero-order chi connectivity index (χ0) is 18.8. The highest BCUT2D eigenvalue weighted by Gasteiger charge is 2.30. The Kier molecular flexibility index (Phi) is 4.58. The Morgan fingerprint density at radius 3 is 2.70 bits per heavy atom. The van der Waals surface area contributed by atoms with Gasteiger partial charge in [0.2, 0.25) is 11.7 Å². The third kappa shape index (κ3) is 3.40. The fourth-order valence-electron chi connectivity index (χ4n) is 3.14. The summed E-state index contributed by atoms with van der Waals surface area (Å²) >= 11 is 0. The van der Waals surface area contributed by atoms with E-state index >= 15 is 0 Å². The monoisotopic (exact) mass is 363 g/mol. The van der Waals surface area contributed by atoms with Gasteiger partial charge in [-0.1, -0.05) is 48.5 Å². The number of nitrogens with zero attached hydrogens (tertiary/aromatic N) is 5. The first-order valence-corrected chi connectivity index (χ1v) is 8.99. The molecule has 0 saturated heterocycles. The Morgan fingerprint density at radius 1 is 1.15 bits per heavy atom. The fraction of sp³-hybridized carbons (Fsp3) is 0.300. The molecule has 138 valence electrons. The molecule has 0 radical (unpaired) electrons. The molecule has 2 atom stereocenters. The molecule has 0 spiro atoms. The van der Waals surface area contributed by atoms with E-state index in [1.807, 2.05) is 66.4 Å². The van der Waals surface area contributed by atoms with E-state index in [0.29, 0.717) is 19.0 Å². The van der Waals surface area contributed by atoms with Crippen LogP contribution in [0, 0.1) is 0 Å². The van der Waals surface area contributed by atoms with Crippen molar-refractivity contribution in [2.45, 2.75) is 32.5 Å². The van der Waals surface area contributed by atoms with Gasteiger partial charge in [-0.15, -0.1) is 10.2 Å². The molecule has 0 N–H and O–H groups in total. The lowest BCUT2D eigenvalue weighted by Gasteiger charge is -2.28. The summed E-state index contributed by atoms with van der Waals surface area (Å²) < 4.78 is 5.84. The number of carbonyl (C=O) groups excluding carboxylic acids is 1. The molecule has 2 unspecified atom stereocenters. The van der Waals surface area contributed by atoms with Crippen LogP contribution >= 0.6 is 0 Å². The van der Waals surface area contributed by atoms with E-state index < -0.39 is 6.04 Å². The van der Waals surface area contributed by atoms with E-state index in [0.717, 1.165) is 16.9 Å². The van der Waals surface area contributed by atoms with Crippen LogP contribution in [-0.4, -0.2) is 43.7 Å². The van der Waals surface area contributed by atoms with Crippen LogP contribution in [0.2, 0.25) is 0 Å². The van der Waals surface area contributed by atoms with Crippen LogP contribution in [0.15, 0.2) is 54.6 Å². The maximum Gasteiger partial charge on any atom is 0.249 e. The van der Waals surface area contributed by atoms with Gasteiger partial charge in [-0.2, -0.15) is 4.80 Å². The van der Waals surface area contributed by atoms with Gasteiger partial charge in [0, 0.05) is 17.7 Å².